The Balaban J connectivity index is 1.75. The van der Waals surface area contributed by atoms with Gasteiger partial charge in [0.25, 0.3) is 0 Å². The molecule has 0 aliphatic heterocycles. The largest absolute Gasteiger partial charge is 0.346 e. The Bertz CT molecular complexity index is 989. The van der Waals surface area contributed by atoms with Crippen molar-refractivity contribution in [2.75, 3.05) is 0 Å². The van der Waals surface area contributed by atoms with E-state index in [1.165, 1.54) is 0 Å². The van der Waals surface area contributed by atoms with Crippen LogP contribution in [0, 0.1) is 0 Å². The highest BCUT2D eigenvalue weighted by molar-refractivity contribution is 9.10. The maximum atomic E-state index is 4.55. The average molecular weight is 383 g/mol. The Labute approximate surface area is 147 Å². The van der Waals surface area contributed by atoms with Crippen molar-refractivity contribution in [1.29, 1.82) is 0 Å². The second kappa shape index (κ2) is 6.16. The highest BCUT2D eigenvalue weighted by Crippen LogP contribution is 2.27. The number of H-pyrrole nitrogens is 1. The number of nitrogens with zero attached hydrogens (tertiary/aromatic N) is 5. The summed E-state index contributed by atoms with van der Waals surface area (Å²) in [5.41, 5.74) is 3.66. The molecule has 1 unspecified atom stereocenters. The lowest BCUT2D eigenvalue weighted by molar-refractivity contribution is 0.497. The van der Waals surface area contributed by atoms with Crippen molar-refractivity contribution in [3.63, 3.8) is 0 Å². The van der Waals surface area contributed by atoms with Crippen LogP contribution in [0.2, 0.25) is 0 Å². The molecule has 0 spiro atoms. The maximum absolute atomic E-state index is 4.55. The van der Waals surface area contributed by atoms with Crippen LogP contribution in [0.4, 0.5) is 0 Å². The molecule has 4 rings (SSSR count). The summed E-state index contributed by atoms with van der Waals surface area (Å²) in [5, 5.41) is 5.54. The second-order valence-electron chi connectivity index (χ2n) is 5.49. The Morgan fingerprint density at radius 1 is 1.25 bits per heavy atom. The lowest BCUT2D eigenvalue weighted by Crippen LogP contribution is -2.11. The van der Waals surface area contributed by atoms with Crippen molar-refractivity contribution in [2.45, 2.75) is 19.4 Å². The fourth-order valence-corrected chi connectivity index (χ4v) is 3.22. The van der Waals surface area contributed by atoms with E-state index in [-0.39, 0.29) is 6.04 Å². The molecule has 0 saturated heterocycles. The molecule has 0 aromatic carbocycles. The van der Waals surface area contributed by atoms with Crippen molar-refractivity contribution in [3.05, 3.63) is 59.5 Å². The predicted molar refractivity (Wildman–Crippen MR) is 95.5 cm³/mol. The lowest BCUT2D eigenvalue weighted by Gasteiger charge is -2.15. The molecule has 4 aromatic rings. The minimum absolute atomic E-state index is 0.0832. The summed E-state index contributed by atoms with van der Waals surface area (Å²) in [6, 6.07) is 6.02. The number of fused-ring (bicyclic) bond motifs is 1. The summed E-state index contributed by atoms with van der Waals surface area (Å²) in [4.78, 5) is 16.3. The van der Waals surface area contributed by atoms with Gasteiger partial charge in [-0.05, 0) is 24.6 Å². The molecule has 0 aliphatic carbocycles. The van der Waals surface area contributed by atoms with Crippen LogP contribution in [0.3, 0.4) is 0 Å². The Hall–Kier alpha value is -2.54. The maximum Gasteiger partial charge on any atom is 0.141 e. The van der Waals surface area contributed by atoms with Crippen molar-refractivity contribution >= 4 is 27.0 Å². The van der Waals surface area contributed by atoms with E-state index in [4.69, 9.17) is 0 Å². The number of hydrogen-bond donors (Lipinski definition) is 1. The highest BCUT2D eigenvalue weighted by Gasteiger charge is 2.16. The summed E-state index contributed by atoms with van der Waals surface area (Å²) in [5.74, 6) is 0. The van der Waals surface area contributed by atoms with Gasteiger partial charge in [0.05, 0.1) is 23.6 Å². The van der Waals surface area contributed by atoms with Crippen molar-refractivity contribution in [3.8, 4) is 11.3 Å². The molecule has 0 amide bonds. The van der Waals surface area contributed by atoms with Gasteiger partial charge in [-0.3, -0.25) is 9.67 Å². The summed E-state index contributed by atoms with van der Waals surface area (Å²) in [7, 11) is 0. The fourth-order valence-electron chi connectivity index (χ4n) is 2.87. The predicted octanol–water partition coefficient (Wildman–Crippen LogP) is 3.98. The Morgan fingerprint density at radius 2 is 2.17 bits per heavy atom. The minimum Gasteiger partial charge on any atom is -0.346 e. The quantitative estimate of drug-likeness (QED) is 0.579. The van der Waals surface area contributed by atoms with Crippen LogP contribution in [-0.2, 0) is 0 Å². The summed E-state index contributed by atoms with van der Waals surface area (Å²) < 4.78 is 2.97. The smallest absolute Gasteiger partial charge is 0.141 e. The molecular weight excluding hydrogens is 368 g/mol. The number of nitrogens with one attached hydrogen (secondary N) is 1. The molecule has 0 radical (unpaired) electrons. The molecule has 4 aromatic heterocycles. The number of hydrogen-bond acceptors (Lipinski definition) is 4. The van der Waals surface area contributed by atoms with E-state index in [2.05, 4.69) is 47.9 Å². The van der Waals surface area contributed by atoms with Gasteiger partial charge < -0.3 is 4.98 Å². The van der Waals surface area contributed by atoms with E-state index in [0.29, 0.717) is 0 Å². The van der Waals surface area contributed by atoms with E-state index in [0.717, 1.165) is 38.9 Å². The SMILES string of the molecule is CCC(c1cc(Br)ccn1)n1cc(-c2ncnc3[nH]ccc23)cn1. The number of rotatable bonds is 4. The topological polar surface area (TPSA) is 72.3 Å². The third-order valence-electron chi connectivity index (χ3n) is 4.02. The van der Waals surface area contributed by atoms with Gasteiger partial charge >= 0.3 is 0 Å². The monoisotopic (exact) mass is 382 g/mol. The molecule has 1 atom stereocenters. The van der Waals surface area contributed by atoms with Crippen LogP contribution in [0.5, 0.6) is 0 Å². The van der Waals surface area contributed by atoms with Crippen molar-refractivity contribution in [1.82, 2.24) is 29.7 Å². The molecule has 6 nitrogen and oxygen atoms in total. The average Bonchev–Trinajstić information content (AvgIpc) is 3.24. The summed E-state index contributed by atoms with van der Waals surface area (Å²) in [6.45, 7) is 2.13. The van der Waals surface area contributed by atoms with Crippen LogP contribution in [-0.4, -0.2) is 29.7 Å². The molecule has 0 fully saturated rings. The first-order valence-electron chi connectivity index (χ1n) is 7.70. The zero-order valence-corrected chi connectivity index (χ0v) is 14.6. The number of pyridine rings is 1. The second-order valence-corrected chi connectivity index (χ2v) is 6.41. The van der Waals surface area contributed by atoms with Crippen LogP contribution in [0.15, 0.2) is 53.8 Å². The molecule has 0 bridgehead atoms. The molecule has 0 aliphatic rings. The van der Waals surface area contributed by atoms with Gasteiger partial charge in [0, 0.05) is 34.0 Å². The summed E-state index contributed by atoms with van der Waals surface area (Å²) in [6.07, 6.45) is 10.0. The zero-order chi connectivity index (χ0) is 16.5. The molecule has 0 saturated carbocycles. The first-order chi connectivity index (χ1) is 11.8. The van der Waals surface area contributed by atoms with Gasteiger partial charge in [-0.1, -0.05) is 22.9 Å². The van der Waals surface area contributed by atoms with Crippen LogP contribution < -0.4 is 0 Å². The van der Waals surface area contributed by atoms with Gasteiger partial charge in [0.1, 0.15) is 12.0 Å². The number of halogens is 1. The van der Waals surface area contributed by atoms with Gasteiger partial charge in [0.2, 0.25) is 0 Å². The molecule has 24 heavy (non-hydrogen) atoms. The van der Waals surface area contributed by atoms with Crippen LogP contribution in [0.1, 0.15) is 25.1 Å². The van der Waals surface area contributed by atoms with E-state index in [9.17, 15) is 0 Å². The van der Waals surface area contributed by atoms with Crippen molar-refractivity contribution < 1.29 is 0 Å². The third-order valence-corrected chi connectivity index (χ3v) is 4.51. The van der Waals surface area contributed by atoms with Gasteiger partial charge in [-0.25, -0.2) is 9.97 Å². The van der Waals surface area contributed by atoms with E-state index in [1.807, 2.05) is 41.5 Å². The van der Waals surface area contributed by atoms with E-state index in [1.54, 1.807) is 12.5 Å². The standard InChI is InChI=1S/C17H15BrN6/c1-2-15(14-7-12(18)3-5-19-14)24-9-11(8-23-24)16-13-4-6-20-17(13)22-10-21-16/h3-10,15H,2H2,1H3,(H,20,21,22). The Morgan fingerprint density at radius 3 is 3.00 bits per heavy atom. The zero-order valence-electron chi connectivity index (χ0n) is 13.0. The van der Waals surface area contributed by atoms with Crippen LogP contribution in [0.25, 0.3) is 22.3 Å². The highest BCUT2D eigenvalue weighted by atomic mass is 79.9. The molecule has 7 heteroatoms. The summed E-state index contributed by atoms with van der Waals surface area (Å²) >= 11 is 3.51. The molecule has 4 heterocycles. The van der Waals surface area contributed by atoms with Gasteiger partial charge in [-0.15, -0.1) is 0 Å². The third kappa shape index (κ3) is 2.60. The first-order valence-corrected chi connectivity index (χ1v) is 8.49. The minimum atomic E-state index is 0.0832. The normalized spacial score (nSPS) is 12.6. The lowest BCUT2D eigenvalue weighted by atomic mass is 10.1. The molecule has 1 N–H and O–H groups in total. The fraction of sp³-hybridized carbons (Fsp3) is 0.176. The molecule has 120 valence electrons. The van der Waals surface area contributed by atoms with Crippen molar-refractivity contribution in [2.24, 2.45) is 0 Å². The van der Waals surface area contributed by atoms with E-state index >= 15 is 0 Å². The first kappa shape index (κ1) is 15.0. The van der Waals surface area contributed by atoms with Gasteiger partial charge in [-0.2, -0.15) is 5.10 Å². The number of aromatic nitrogens is 6. The van der Waals surface area contributed by atoms with Gasteiger partial charge in [0.15, 0.2) is 0 Å². The van der Waals surface area contributed by atoms with E-state index < -0.39 is 0 Å². The molecular formula is C17H15BrN6. The number of aromatic amines is 1. The Kier molecular flexibility index (Phi) is 3.86. The van der Waals surface area contributed by atoms with Crippen LogP contribution >= 0.6 is 15.9 Å².